The van der Waals surface area contributed by atoms with Gasteiger partial charge in [0.05, 0.1) is 6.42 Å². The normalized spacial score (nSPS) is 19.3. The number of benzene rings is 1. The van der Waals surface area contributed by atoms with Gasteiger partial charge in [-0.25, -0.2) is 0 Å². The summed E-state index contributed by atoms with van der Waals surface area (Å²) in [5.41, 5.74) is 7.03. The number of rotatable bonds is 4. The van der Waals surface area contributed by atoms with Crippen LogP contribution in [0.15, 0.2) is 24.3 Å². The molecule has 96 valence electrons. The third kappa shape index (κ3) is 2.68. The van der Waals surface area contributed by atoms with Gasteiger partial charge in [0, 0.05) is 18.7 Å². The molecule has 1 amide bonds. The third-order valence-corrected chi connectivity index (χ3v) is 3.12. The highest BCUT2D eigenvalue weighted by Gasteiger charge is 2.29. The summed E-state index contributed by atoms with van der Waals surface area (Å²) in [4.78, 5) is 24.2. The van der Waals surface area contributed by atoms with Crippen LogP contribution in [0, 0.1) is 5.92 Å². The first-order valence-corrected chi connectivity index (χ1v) is 5.91. The van der Waals surface area contributed by atoms with Gasteiger partial charge in [-0.2, -0.15) is 0 Å². The summed E-state index contributed by atoms with van der Waals surface area (Å²) in [5, 5.41) is 8.76. The van der Waals surface area contributed by atoms with E-state index >= 15 is 0 Å². The quantitative estimate of drug-likeness (QED) is 0.818. The van der Waals surface area contributed by atoms with Crippen LogP contribution in [-0.2, 0) is 16.0 Å². The molecule has 0 aromatic heterocycles. The van der Waals surface area contributed by atoms with Gasteiger partial charge in [-0.3, -0.25) is 9.59 Å². The van der Waals surface area contributed by atoms with Crippen molar-refractivity contribution in [2.45, 2.75) is 12.8 Å². The van der Waals surface area contributed by atoms with Gasteiger partial charge in [-0.1, -0.05) is 12.1 Å². The standard InChI is InChI=1S/C13H16N2O3/c14-7-10-5-12(16)15(8-10)11-3-1-2-9(4-11)6-13(17)18/h1-4,10H,5-8,14H2,(H,17,18). The van der Waals surface area contributed by atoms with E-state index in [1.54, 1.807) is 23.1 Å². The highest BCUT2D eigenvalue weighted by Crippen LogP contribution is 2.25. The average Bonchev–Trinajstić information content (AvgIpc) is 2.70. The number of carbonyl (C=O) groups is 2. The Labute approximate surface area is 105 Å². The van der Waals surface area contributed by atoms with Gasteiger partial charge in [-0.15, -0.1) is 0 Å². The second-order valence-electron chi connectivity index (χ2n) is 4.55. The van der Waals surface area contributed by atoms with E-state index in [4.69, 9.17) is 10.8 Å². The van der Waals surface area contributed by atoms with Crippen LogP contribution in [0.25, 0.3) is 0 Å². The smallest absolute Gasteiger partial charge is 0.307 e. The summed E-state index contributed by atoms with van der Waals surface area (Å²) in [6, 6.07) is 7.10. The van der Waals surface area contributed by atoms with Gasteiger partial charge in [0.15, 0.2) is 0 Å². The molecule has 1 fully saturated rings. The Morgan fingerprint density at radius 1 is 1.50 bits per heavy atom. The Hall–Kier alpha value is -1.88. The van der Waals surface area contributed by atoms with Crippen molar-refractivity contribution in [2.24, 2.45) is 11.7 Å². The van der Waals surface area contributed by atoms with Crippen molar-refractivity contribution in [1.82, 2.24) is 0 Å². The van der Waals surface area contributed by atoms with Crippen molar-refractivity contribution in [3.8, 4) is 0 Å². The molecule has 1 atom stereocenters. The average molecular weight is 248 g/mol. The Morgan fingerprint density at radius 2 is 2.28 bits per heavy atom. The van der Waals surface area contributed by atoms with Crippen molar-refractivity contribution >= 4 is 17.6 Å². The molecule has 1 heterocycles. The Balaban J connectivity index is 2.18. The second-order valence-corrected chi connectivity index (χ2v) is 4.55. The molecule has 1 aliphatic heterocycles. The van der Waals surface area contributed by atoms with Crippen LogP contribution in [0.3, 0.4) is 0 Å². The maximum absolute atomic E-state index is 11.8. The van der Waals surface area contributed by atoms with E-state index in [0.717, 1.165) is 5.69 Å². The lowest BCUT2D eigenvalue weighted by Gasteiger charge is -2.17. The van der Waals surface area contributed by atoms with Crippen molar-refractivity contribution in [3.05, 3.63) is 29.8 Å². The summed E-state index contributed by atoms with van der Waals surface area (Å²) in [5.74, 6) is -0.627. The first-order valence-electron chi connectivity index (χ1n) is 5.91. The summed E-state index contributed by atoms with van der Waals surface area (Å²) >= 11 is 0. The monoisotopic (exact) mass is 248 g/mol. The summed E-state index contributed by atoms with van der Waals surface area (Å²) in [6.45, 7) is 1.11. The van der Waals surface area contributed by atoms with E-state index < -0.39 is 5.97 Å². The molecule has 0 spiro atoms. The molecule has 0 radical (unpaired) electrons. The van der Waals surface area contributed by atoms with Crippen molar-refractivity contribution in [3.63, 3.8) is 0 Å². The van der Waals surface area contributed by atoms with Crippen LogP contribution >= 0.6 is 0 Å². The van der Waals surface area contributed by atoms with Gasteiger partial charge < -0.3 is 15.7 Å². The fourth-order valence-corrected chi connectivity index (χ4v) is 2.20. The number of carbonyl (C=O) groups excluding carboxylic acids is 1. The molecule has 1 unspecified atom stereocenters. The molecule has 5 heteroatoms. The summed E-state index contributed by atoms with van der Waals surface area (Å²) in [7, 11) is 0. The lowest BCUT2D eigenvalue weighted by Crippen LogP contribution is -2.25. The van der Waals surface area contributed by atoms with Gasteiger partial charge >= 0.3 is 5.97 Å². The molecule has 5 nitrogen and oxygen atoms in total. The number of amides is 1. The van der Waals surface area contributed by atoms with Gasteiger partial charge in [0.2, 0.25) is 5.91 Å². The lowest BCUT2D eigenvalue weighted by molar-refractivity contribution is -0.136. The SMILES string of the molecule is NCC1CC(=O)N(c2cccc(CC(=O)O)c2)C1. The molecular weight excluding hydrogens is 232 g/mol. The van der Waals surface area contributed by atoms with E-state index in [0.29, 0.717) is 25.1 Å². The van der Waals surface area contributed by atoms with Crippen molar-refractivity contribution in [2.75, 3.05) is 18.0 Å². The minimum atomic E-state index is -0.875. The molecule has 3 N–H and O–H groups in total. The van der Waals surface area contributed by atoms with Crippen LogP contribution in [0.1, 0.15) is 12.0 Å². The van der Waals surface area contributed by atoms with Gasteiger partial charge in [-0.05, 0) is 30.2 Å². The molecule has 0 bridgehead atoms. The molecule has 2 rings (SSSR count). The fraction of sp³-hybridized carbons (Fsp3) is 0.385. The maximum Gasteiger partial charge on any atom is 0.307 e. The molecule has 1 saturated heterocycles. The van der Waals surface area contributed by atoms with Crippen LogP contribution in [0.2, 0.25) is 0 Å². The number of anilines is 1. The molecule has 18 heavy (non-hydrogen) atoms. The molecule has 1 aromatic carbocycles. The van der Waals surface area contributed by atoms with E-state index in [9.17, 15) is 9.59 Å². The first-order chi connectivity index (χ1) is 8.60. The second kappa shape index (κ2) is 5.18. The number of aliphatic carboxylic acids is 1. The van der Waals surface area contributed by atoms with Crippen LogP contribution in [0.4, 0.5) is 5.69 Å². The minimum absolute atomic E-state index is 0.0316. The Morgan fingerprint density at radius 3 is 2.89 bits per heavy atom. The molecular formula is C13H16N2O3. The highest BCUT2D eigenvalue weighted by atomic mass is 16.4. The van der Waals surface area contributed by atoms with E-state index in [2.05, 4.69) is 0 Å². The number of hydrogen-bond acceptors (Lipinski definition) is 3. The number of hydrogen-bond donors (Lipinski definition) is 2. The Kier molecular flexibility index (Phi) is 3.62. The first kappa shape index (κ1) is 12.6. The minimum Gasteiger partial charge on any atom is -0.481 e. The molecule has 0 saturated carbocycles. The van der Waals surface area contributed by atoms with Crippen LogP contribution in [0.5, 0.6) is 0 Å². The van der Waals surface area contributed by atoms with Gasteiger partial charge in [0.25, 0.3) is 0 Å². The zero-order valence-electron chi connectivity index (χ0n) is 10.0. The molecule has 1 aromatic rings. The number of nitrogens with two attached hydrogens (primary N) is 1. The zero-order chi connectivity index (χ0) is 13.1. The zero-order valence-corrected chi connectivity index (χ0v) is 10.0. The molecule has 1 aliphatic rings. The number of carboxylic acids is 1. The van der Waals surface area contributed by atoms with E-state index in [-0.39, 0.29) is 18.2 Å². The predicted molar refractivity (Wildman–Crippen MR) is 67.3 cm³/mol. The largest absolute Gasteiger partial charge is 0.481 e. The van der Waals surface area contributed by atoms with Crippen LogP contribution < -0.4 is 10.6 Å². The molecule has 0 aliphatic carbocycles. The fourth-order valence-electron chi connectivity index (χ4n) is 2.20. The lowest BCUT2D eigenvalue weighted by atomic mass is 10.1. The van der Waals surface area contributed by atoms with Crippen LogP contribution in [-0.4, -0.2) is 30.1 Å². The topological polar surface area (TPSA) is 83.6 Å². The van der Waals surface area contributed by atoms with Gasteiger partial charge in [0.1, 0.15) is 0 Å². The third-order valence-electron chi connectivity index (χ3n) is 3.12. The maximum atomic E-state index is 11.8. The number of carboxylic acid groups (broad SMARTS) is 1. The van der Waals surface area contributed by atoms with Crippen molar-refractivity contribution < 1.29 is 14.7 Å². The predicted octanol–water partition coefficient (Wildman–Crippen LogP) is 0.625. The highest BCUT2D eigenvalue weighted by molar-refractivity contribution is 5.95. The Bertz CT molecular complexity index is 473. The summed E-state index contributed by atoms with van der Waals surface area (Å²) < 4.78 is 0. The van der Waals surface area contributed by atoms with E-state index in [1.165, 1.54) is 0 Å². The summed E-state index contributed by atoms with van der Waals surface area (Å²) in [6.07, 6.45) is 0.440. The van der Waals surface area contributed by atoms with Crippen molar-refractivity contribution in [1.29, 1.82) is 0 Å². The van der Waals surface area contributed by atoms with E-state index in [1.807, 2.05) is 6.07 Å². The number of nitrogens with zero attached hydrogens (tertiary/aromatic N) is 1.